The quantitative estimate of drug-likeness (QED) is 0.370. The van der Waals surface area contributed by atoms with Crippen LogP contribution in [-0.2, 0) is 12.6 Å². The number of nitrogens with one attached hydrogen (secondary N) is 2. The second-order valence-corrected chi connectivity index (χ2v) is 8.61. The molecule has 0 spiro atoms. The lowest BCUT2D eigenvalue weighted by molar-refractivity contribution is -0.153. The predicted octanol–water partition coefficient (Wildman–Crippen LogP) is 4.65. The van der Waals surface area contributed by atoms with E-state index in [1.807, 2.05) is 0 Å². The van der Waals surface area contributed by atoms with Crippen LogP contribution in [0.2, 0.25) is 5.02 Å². The molecule has 12 heteroatoms. The molecule has 0 radical (unpaired) electrons. The van der Waals surface area contributed by atoms with Gasteiger partial charge in [-0.25, -0.2) is 9.97 Å². The van der Waals surface area contributed by atoms with Crippen LogP contribution in [0.4, 0.5) is 13.2 Å². The number of aromatic nitrogens is 3. The Morgan fingerprint density at radius 1 is 1.28 bits per heavy atom. The van der Waals surface area contributed by atoms with Gasteiger partial charge in [-0.2, -0.15) is 13.2 Å². The van der Waals surface area contributed by atoms with Crippen molar-refractivity contribution in [1.82, 2.24) is 19.9 Å². The monoisotopic (exact) mass is 525 g/mol. The third kappa shape index (κ3) is 4.85. The molecule has 2 aromatic heterocycles. The largest absolute Gasteiger partial charge is 0.478 e. The highest BCUT2D eigenvalue weighted by molar-refractivity contribution is 6.37. The first kappa shape index (κ1) is 27.3. The van der Waals surface area contributed by atoms with E-state index in [1.54, 1.807) is 51.6 Å². The third-order valence-electron chi connectivity index (χ3n) is 5.92. The van der Waals surface area contributed by atoms with Crippen LogP contribution in [-0.4, -0.2) is 52.3 Å². The van der Waals surface area contributed by atoms with Crippen LogP contribution >= 0.6 is 11.6 Å². The van der Waals surface area contributed by atoms with Crippen molar-refractivity contribution >= 4 is 28.2 Å². The van der Waals surface area contributed by atoms with Crippen molar-refractivity contribution in [3.63, 3.8) is 0 Å². The maximum Gasteiger partial charge on any atom is 0.422 e. The van der Waals surface area contributed by atoms with Crippen molar-refractivity contribution in [1.29, 1.82) is 5.41 Å². The van der Waals surface area contributed by atoms with Gasteiger partial charge in [-0.05, 0) is 38.5 Å². The van der Waals surface area contributed by atoms with Gasteiger partial charge in [0.15, 0.2) is 12.2 Å². The predicted molar refractivity (Wildman–Crippen MR) is 131 cm³/mol. The molecule has 194 valence electrons. The van der Waals surface area contributed by atoms with Gasteiger partial charge in [-0.3, -0.25) is 0 Å². The number of imidazole rings is 1. The fraction of sp³-hybridized carbons (Fsp3) is 0.375. The van der Waals surface area contributed by atoms with Gasteiger partial charge in [0.2, 0.25) is 5.75 Å². The van der Waals surface area contributed by atoms with E-state index in [0.717, 1.165) is 0 Å². The summed E-state index contributed by atoms with van der Waals surface area (Å²) in [5.74, 6) is 0.0519. The lowest BCUT2D eigenvalue weighted by Gasteiger charge is -2.33. The van der Waals surface area contributed by atoms with Gasteiger partial charge in [0.25, 0.3) is 5.88 Å². The van der Waals surface area contributed by atoms with Crippen LogP contribution in [0.3, 0.4) is 0 Å². The van der Waals surface area contributed by atoms with Crippen LogP contribution in [0.25, 0.3) is 10.9 Å². The Bertz CT molecular complexity index is 1350. The Morgan fingerprint density at radius 3 is 2.44 bits per heavy atom. The Balaban J connectivity index is 2.36. The number of nitrogens with zero attached hydrogens (tertiary/aromatic N) is 3. The number of hydrogen-bond donors (Lipinski definition) is 3. The standard InChI is InChI=1S/C24H27ClF3N5O3/c1-12(29)19(13(2)30-4)24(34,18-10-31-14(3)33(18)5)15-7-8-17-16(9-15)20(25)21(22(32-17)35-6)36-11-23(26,27)28/h7-10,29-30,34H,11H2,1-6H3/b19-13+,29-12?. The van der Waals surface area contributed by atoms with E-state index in [0.29, 0.717) is 28.3 Å². The van der Waals surface area contributed by atoms with Crippen molar-refractivity contribution in [3.05, 3.63) is 57.8 Å². The number of aliphatic hydroxyl groups is 1. The molecular weight excluding hydrogens is 499 g/mol. The molecule has 2 heterocycles. The molecule has 1 atom stereocenters. The number of pyridine rings is 1. The lowest BCUT2D eigenvalue weighted by Crippen LogP contribution is -2.37. The first-order valence-electron chi connectivity index (χ1n) is 10.8. The number of hydrogen-bond acceptors (Lipinski definition) is 7. The summed E-state index contributed by atoms with van der Waals surface area (Å²) in [6, 6.07) is 4.68. The number of fused-ring (bicyclic) bond motifs is 1. The zero-order valence-corrected chi connectivity index (χ0v) is 21.4. The fourth-order valence-electron chi connectivity index (χ4n) is 4.04. The summed E-state index contributed by atoms with van der Waals surface area (Å²) in [7, 11) is 4.65. The molecule has 0 aliphatic rings. The molecule has 0 saturated heterocycles. The first-order chi connectivity index (χ1) is 16.8. The minimum Gasteiger partial charge on any atom is -0.478 e. The molecule has 0 saturated carbocycles. The molecule has 3 aromatic rings. The molecule has 0 aliphatic heterocycles. The van der Waals surface area contributed by atoms with Crippen LogP contribution in [0, 0.1) is 12.3 Å². The molecule has 36 heavy (non-hydrogen) atoms. The van der Waals surface area contributed by atoms with E-state index in [1.165, 1.54) is 19.4 Å². The topological polar surface area (TPSA) is 105 Å². The second-order valence-electron chi connectivity index (χ2n) is 8.24. The van der Waals surface area contributed by atoms with Gasteiger partial charge in [-0.15, -0.1) is 0 Å². The molecule has 0 amide bonds. The van der Waals surface area contributed by atoms with E-state index in [2.05, 4.69) is 15.3 Å². The zero-order valence-electron chi connectivity index (χ0n) is 20.6. The maximum absolute atomic E-state index is 12.8. The van der Waals surface area contributed by atoms with E-state index >= 15 is 0 Å². The number of halogens is 4. The number of alkyl halides is 3. The number of rotatable bonds is 8. The average Bonchev–Trinajstić information content (AvgIpc) is 3.15. The maximum atomic E-state index is 12.8. The summed E-state index contributed by atoms with van der Waals surface area (Å²) in [5, 5.41) is 23.9. The van der Waals surface area contributed by atoms with Gasteiger partial charge >= 0.3 is 6.18 Å². The fourth-order valence-corrected chi connectivity index (χ4v) is 4.32. The normalized spacial score (nSPS) is 14.3. The molecule has 8 nitrogen and oxygen atoms in total. The van der Waals surface area contributed by atoms with Crippen molar-refractivity contribution in [2.45, 2.75) is 32.5 Å². The summed E-state index contributed by atoms with van der Waals surface area (Å²) in [4.78, 5) is 8.55. The highest BCUT2D eigenvalue weighted by Gasteiger charge is 2.41. The van der Waals surface area contributed by atoms with Crippen molar-refractivity contribution < 1.29 is 27.8 Å². The van der Waals surface area contributed by atoms with Gasteiger partial charge in [0, 0.05) is 36.5 Å². The summed E-state index contributed by atoms with van der Waals surface area (Å²) in [6.45, 7) is 3.46. The molecular formula is C24H27ClF3N5O3. The molecule has 1 unspecified atom stereocenters. The summed E-state index contributed by atoms with van der Waals surface area (Å²) < 4.78 is 50.3. The van der Waals surface area contributed by atoms with Gasteiger partial charge < -0.3 is 29.9 Å². The second kappa shape index (κ2) is 9.98. The van der Waals surface area contributed by atoms with Crippen LogP contribution < -0.4 is 14.8 Å². The van der Waals surface area contributed by atoms with Crippen LogP contribution in [0.1, 0.15) is 30.9 Å². The minimum atomic E-state index is -4.60. The van der Waals surface area contributed by atoms with Gasteiger partial charge in [0.1, 0.15) is 5.82 Å². The van der Waals surface area contributed by atoms with E-state index in [4.69, 9.17) is 26.5 Å². The lowest BCUT2D eigenvalue weighted by atomic mass is 9.79. The van der Waals surface area contributed by atoms with Crippen LogP contribution in [0.15, 0.2) is 35.7 Å². The number of allylic oxidation sites excluding steroid dienone is 1. The van der Waals surface area contributed by atoms with Gasteiger partial charge in [0.05, 0.1) is 29.5 Å². The number of methoxy groups -OCH3 is 1. The van der Waals surface area contributed by atoms with Crippen molar-refractivity contribution in [3.8, 4) is 11.6 Å². The third-order valence-corrected chi connectivity index (χ3v) is 6.29. The Labute approximate surface area is 211 Å². The van der Waals surface area contributed by atoms with E-state index in [-0.39, 0.29) is 33.3 Å². The Morgan fingerprint density at radius 2 is 1.94 bits per heavy atom. The average molecular weight is 526 g/mol. The number of ether oxygens (including phenoxy) is 2. The Kier molecular flexibility index (Phi) is 7.56. The SMILES string of the molecule is CN/C(C)=C(\C(C)=N)C(O)(c1ccc2nc(OC)c(OCC(F)(F)F)c(Cl)c2c1)c1cnc(C)n1C. The number of benzene rings is 1. The Hall–Kier alpha value is -3.31. The summed E-state index contributed by atoms with van der Waals surface area (Å²) in [6.07, 6.45) is -3.09. The highest BCUT2D eigenvalue weighted by atomic mass is 35.5. The van der Waals surface area contributed by atoms with E-state index in [9.17, 15) is 18.3 Å². The van der Waals surface area contributed by atoms with Crippen molar-refractivity contribution in [2.24, 2.45) is 7.05 Å². The minimum absolute atomic E-state index is 0.0939. The molecule has 0 bridgehead atoms. The highest BCUT2D eigenvalue weighted by Crippen LogP contribution is 2.44. The van der Waals surface area contributed by atoms with Crippen LogP contribution in [0.5, 0.6) is 11.6 Å². The molecule has 3 N–H and O–H groups in total. The number of aryl methyl sites for hydroxylation is 1. The van der Waals surface area contributed by atoms with Gasteiger partial charge in [-0.1, -0.05) is 17.7 Å². The zero-order chi connectivity index (χ0) is 27.0. The molecule has 0 aliphatic carbocycles. The summed E-state index contributed by atoms with van der Waals surface area (Å²) in [5.41, 5.74) is 0.0174. The summed E-state index contributed by atoms with van der Waals surface area (Å²) >= 11 is 6.51. The molecule has 1 aromatic carbocycles. The first-order valence-corrected chi connectivity index (χ1v) is 11.2. The van der Waals surface area contributed by atoms with Crippen molar-refractivity contribution in [2.75, 3.05) is 20.8 Å². The smallest absolute Gasteiger partial charge is 0.422 e. The molecule has 3 rings (SSSR count). The van der Waals surface area contributed by atoms with E-state index < -0.39 is 18.4 Å². The molecule has 0 fully saturated rings.